The summed E-state index contributed by atoms with van der Waals surface area (Å²) in [4.78, 5) is 12.8. The van der Waals surface area contributed by atoms with Gasteiger partial charge in [-0.05, 0) is 43.2 Å². The molecule has 1 aliphatic heterocycles. The summed E-state index contributed by atoms with van der Waals surface area (Å²) in [6.07, 6.45) is 0.722. The molecule has 2 aromatic rings. The highest BCUT2D eigenvalue weighted by Gasteiger charge is 2.28. The van der Waals surface area contributed by atoms with Gasteiger partial charge >= 0.3 is 0 Å². The summed E-state index contributed by atoms with van der Waals surface area (Å²) in [6, 6.07) is 13.2. The van der Waals surface area contributed by atoms with Crippen LogP contribution in [0.15, 0.2) is 42.5 Å². The van der Waals surface area contributed by atoms with Crippen LogP contribution in [0.25, 0.3) is 0 Å². The first kappa shape index (κ1) is 12.7. The quantitative estimate of drug-likeness (QED) is 0.670. The van der Waals surface area contributed by atoms with Gasteiger partial charge < -0.3 is 10.5 Å². The molecule has 20 heavy (non-hydrogen) atoms. The van der Waals surface area contributed by atoms with Crippen molar-refractivity contribution in [1.29, 1.82) is 0 Å². The average molecular weight is 267 g/mol. The number of nitrogen functional groups attached to an aromatic ring is 1. The Labute approximate surface area is 118 Å². The predicted molar refractivity (Wildman–Crippen MR) is 79.2 cm³/mol. The van der Waals surface area contributed by atoms with E-state index in [0.29, 0.717) is 12.3 Å². The second-order valence-electron chi connectivity index (χ2n) is 5.17. The number of benzene rings is 2. The maximum Gasteiger partial charge on any atom is 0.170 e. The van der Waals surface area contributed by atoms with Crippen LogP contribution in [0.4, 0.5) is 5.69 Å². The van der Waals surface area contributed by atoms with Crippen molar-refractivity contribution in [2.75, 3.05) is 12.3 Å². The summed E-state index contributed by atoms with van der Waals surface area (Å²) in [6.45, 7) is 2.51. The molecule has 0 saturated carbocycles. The summed E-state index contributed by atoms with van der Waals surface area (Å²) in [5.41, 5.74) is 9.10. The van der Waals surface area contributed by atoms with Gasteiger partial charge in [0.1, 0.15) is 5.75 Å². The van der Waals surface area contributed by atoms with Crippen molar-refractivity contribution in [3.8, 4) is 5.75 Å². The van der Waals surface area contributed by atoms with Crippen molar-refractivity contribution in [2.24, 2.45) is 0 Å². The van der Waals surface area contributed by atoms with Crippen LogP contribution in [0.5, 0.6) is 5.75 Å². The van der Waals surface area contributed by atoms with Crippen LogP contribution in [-0.4, -0.2) is 12.4 Å². The van der Waals surface area contributed by atoms with Crippen LogP contribution < -0.4 is 10.5 Å². The second-order valence-corrected chi connectivity index (χ2v) is 5.17. The lowest BCUT2D eigenvalue weighted by Crippen LogP contribution is -2.22. The fourth-order valence-electron chi connectivity index (χ4n) is 2.77. The Morgan fingerprint density at radius 2 is 2.05 bits per heavy atom. The molecule has 102 valence electrons. The zero-order valence-electron chi connectivity index (χ0n) is 11.4. The average Bonchev–Trinajstić information content (AvgIpc) is 2.46. The molecule has 0 saturated heterocycles. The molecule has 3 heteroatoms. The number of rotatable bonds is 2. The van der Waals surface area contributed by atoms with Gasteiger partial charge in [0.25, 0.3) is 0 Å². The van der Waals surface area contributed by atoms with Crippen molar-refractivity contribution in [3.63, 3.8) is 0 Å². The fourth-order valence-corrected chi connectivity index (χ4v) is 2.77. The minimum Gasteiger partial charge on any atom is -0.493 e. The lowest BCUT2D eigenvalue weighted by Gasteiger charge is -2.25. The van der Waals surface area contributed by atoms with Gasteiger partial charge in [-0.15, -0.1) is 0 Å². The number of carbonyl (C=O) groups is 1. The molecule has 0 fully saturated rings. The van der Waals surface area contributed by atoms with E-state index in [9.17, 15) is 4.79 Å². The summed E-state index contributed by atoms with van der Waals surface area (Å²) in [5.74, 6) is 0.853. The summed E-state index contributed by atoms with van der Waals surface area (Å²) in [5, 5.41) is 0. The molecule has 1 heterocycles. The fraction of sp³-hybridized carbons (Fsp3) is 0.235. The monoisotopic (exact) mass is 267 g/mol. The molecule has 0 radical (unpaired) electrons. The number of Topliss-reactive ketones (excluding diaryl/α,β-unsaturated/α-hetero) is 1. The van der Waals surface area contributed by atoms with Gasteiger partial charge in [-0.3, -0.25) is 4.79 Å². The Kier molecular flexibility index (Phi) is 3.18. The minimum atomic E-state index is -0.123. The highest BCUT2D eigenvalue weighted by atomic mass is 16.5. The molecule has 2 aromatic carbocycles. The van der Waals surface area contributed by atoms with Gasteiger partial charge in [0.15, 0.2) is 5.78 Å². The van der Waals surface area contributed by atoms with Crippen molar-refractivity contribution < 1.29 is 9.53 Å². The van der Waals surface area contributed by atoms with Gasteiger partial charge in [-0.25, -0.2) is 0 Å². The van der Waals surface area contributed by atoms with Crippen LogP contribution in [-0.2, 0) is 0 Å². The van der Waals surface area contributed by atoms with E-state index in [0.717, 1.165) is 28.9 Å². The number of aryl methyl sites for hydroxylation is 1. The molecule has 0 spiro atoms. The Morgan fingerprint density at radius 3 is 2.85 bits per heavy atom. The summed E-state index contributed by atoms with van der Waals surface area (Å²) < 4.78 is 5.62. The molecule has 3 nitrogen and oxygen atoms in total. The largest absolute Gasteiger partial charge is 0.493 e. The molecule has 1 unspecified atom stereocenters. The third-order valence-corrected chi connectivity index (χ3v) is 3.79. The minimum absolute atomic E-state index is 0.123. The SMILES string of the molecule is Cc1cc(N)ccc1C(=O)C1CCOc2ccccc21. The van der Waals surface area contributed by atoms with Gasteiger partial charge in [0, 0.05) is 16.8 Å². The Bertz CT molecular complexity index is 664. The molecule has 0 amide bonds. The van der Waals surface area contributed by atoms with E-state index in [-0.39, 0.29) is 11.7 Å². The molecule has 2 N–H and O–H groups in total. The number of ketones is 1. The Balaban J connectivity index is 2.00. The molecule has 3 rings (SSSR count). The lowest BCUT2D eigenvalue weighted by atomic mass is 9.85. The molecular formula is C17H17NO2. The molecule has 1 aliphatic rings. The predicted octanol–water partition coefficient (Wildman–Crippen LogP) is 3.33. The van der Waals surface area contributed by atoms with E-state index in [2.05, 4.69) is 0 Å². The molecule has 1 atom stereocenters. The zero-order chi connectivity index (χ0) is 14.1. The van der Waals surface area contributed by atoms with E-state index >= 15 is 0 Å². The third kappa shape index (κ3) is 2.16. The number of carbonyl (C=O) groups excluding carboxylic acids is 1. The smallest absolute Gasteiger partial charge is 0.170 e. The maximum absolute atomic E-state index is 12.8. The van der Waals surface area contributed by atoms with Gasteiger partial charge in [0.05, 0.1) is 12.5 Å². The van der Waals surface area contributed by atoms with Crippen LogP contribution in [0, 0.1) is 6.92 Å². The number of anilines is 1. The zero-order valence-corrected chi connectivity index (χ0v) is 11.4. The normalized spacial score (nSPS) is 17.1. The third-order valence-electron chi connectivity index (χ3n) is 3.79. The van der Waals surface area contributed by atoms with Crippen molar-refractivity contribution in [3.05, 3.63) is 59.2 Å². The van der Waals surface area contributed by atoms with E-state index in [4.69, 9.17) is 10.5 Å². The first-order valence-electron chi connectivity index (χ1n) is 6.79. The molecule has 0 aromatic heterocycles. The maximum atomic E-state index is 12.8. The van der Waals surface area contributed by atoms with Crippen LogP contribution in [0.1, 0.15) is 33.8 Å². The van der Waals surface area contributed by atoms with E-state index in [1.165, 1.54) is 0 Å². The Hall–Kier alpha value is -2.29. The van der Waals surface area contributed by atoms with E-state index < -0.39 is 0 Å². The van der Waals surface area contributed by atoms with Crippen LogP contribution >= 0.6 is 0 Å². The van der Waals surface area contributed by atoms with Gasteiger partial charge in [0.2, 0.25) is 0 Å². The number of hydrogen-bond donors (Lipinski definition) is 1. The van der Waals surface area contributed by atoms with Crippen LogP contribution in [0.2, 0.25) is 0 Å². The summed E-state index contributed by atoms with van der Waals surface area (Å²) in [7, 11) is 0. The summed E-state index contributed by atoms with van der Waals surface area (Å²) >= 11 is 0. The number of para-hydroxylation sites is 1. The standard InChI is InChI=1S/C17H17NO2/c1-11-10-12(18)6-7-13(11)17(19)15-8-9-20-16-5-3-2-4-14(15)16/h2-7,10,15H,8-9,18H2,1H3. The highest BCUT2D eigenvalue weighted by molar-refractivity contribution is 6.02. The van der Waals surface area contributed by atoms with Crippen molar-refractivity contribution >= 4 is 11.5 Å². The molecule has 0 aliphatic carbocycles. The number of fused-ring (bicyclic) bond motifs is 1. The van der Waals surface area contributed by atoms with E-state index in [1.54, 1.807) is 6.07 Å². The van der Waals surface area contributed by atoms with E-state index in [1.807, 2.05) is 43.3 Å². The molecule has 0 bridgehead atoms. The lowest BCUT2D eigenvalue weighted by molar-refractivity contribution is 0.0932. The molecular weight excluding hydrogens is 250 g/mol. The number of nitrogens with two attached hydrogens (primary N) is 1. The number of hydrogen-bond acceptors (Lipinski definition) is 3. The van der Waals surface area contributed by atoms with Crippen LogP contribution in [0.3, 0.4) is 0 Å². The number of ether oxygens (including phenoxy) is 1. The first-order chi connectivity index (χ1) is 9.66. The van der Waals surface area contributed by atoms with Gasteiger partial charge in [-0.1, -0.05) is 18.2 Å². The highest BCUT2D eigenvalue weighted by Crippen LogP contribution is 2.36. The van der Waals surface area contributed by atoms with Gasteiger partial charge in [-0.2, -0.15) is 0 Å². The second kappa shape index (κ2) is 5.00. The first-order valence-corrected chi connectivity index (χ1v) is 6.79. The topological polar surface area (TPSA) is 52.3 Å². The Morgan fingerprint density at radius 1 is 1.25 bits per heavy atom. The van der Waals surface area contributed by atoms with Crippen molar-refractivity contribution in [1.82, 2.24) is 0 Å². The van der Waals surface area contributed by atoms with Crippen molar-refractivity contribution in [2.45, 2.75) is 19.3 Å².